The molecule has 1 unspecified atom stereocenters. The maximum Gasteiger partial charge on any atom is 0.236 e. The van der Waals surface area contributed by atoms with Crippen LogP contribution in [0.1, 0.15) is 19.0 Å². The second-order valence-electron chi connectivity index (χ2n) is 4.57. The minimum absolute atomic E-state index is 0.00467. The number of hydrogen-bond acceptors (Lipinski definition) is 4. The number of anilines is 1. The quantitative estimate of drug-likeness (QED) is 0.805. The van der Waals surface area contributed by atoms with Crippen molar-refractivity contribution in [3.63, 3.8) is 0 Å². The molecule has 1 saturated heterocycles. The van der Waals surface area contributed by atoms with Crippen LogP contribution in [0.4, 0.5) is 5.82 Å². The molecule has 102 valence electrons. The lowest BCUT2D eigenvalue weighted by atomic mass is 10.2. The smallest absolute Gasteiger partial charge is 0.236 e. The average Bonchev–Trinajstić information content (AvgIpc) is 2.63. The van der Waals surface area contributed by atoms with E-state index in [1.807, 2.05) is 6.92 Å². The molecule has 0 radical (unpaired) electrons. The van der Waals surface area contributed by atoms with Crippen molar-refractivity contribution in [2.45, 2.75) is 13.3 Å². The van der Waals surface area contributed by atoms with Crippen LogP contribution in [0.15, 0.2) is 18.2 Å². The van der Waals surface area contributed by atoms with Crippen molar-refractivity contribution in [2.24, 2.45) is 5.92 Å². The third-order valence-corrected chi connectivity index (χ3v) is 4.75. The van der Waals surface area contributed by atoms with Crippen molar-refractivity contribution in [2.75, 3.05) is 23.2 Å². The van der Waals surface area contributed by atoms with Gasteiger partial charge in [0.15, 0.2) is 0 Å². The van der Waals surface area contributed by atoms with Crippen molar-refractivity contribution in [3.8, 4) is 11.8 Å². The number of rotatable bonds is 2. The van der Waals surface area contributed by atoms with Gasteiger partial charge in [0.1, 0.15) is 11.5 Å². The van der Waals surface area contributed by atoms with Gasteiger partial charge in [-0.3, -0.25) is 4.31 Å². The summed E-state index contributed by atoms with van der Waals surface area (Å²) in [7, 11) is -3.25. The average molecular weight is 280 g/mol. The zero-order valence-corrected chi connectivity index (χ0v) is 11.5. The van der Waals surface area contributed by atoms with Crippen LogP contribution in [-0.4, -0.2) is 37.4 Å². The molecule has 0 spiro atoms. The van der Waals surface area contributed by atoms with E-state index in [-0.39, 0.29) is 18.3 Å². The van der Waals surface area contributed by atoms with E-state index >= 15 is 0 Å². The van der Waals surface area contributed by atoms with Crippen LogP contribution in [0, 0.1) is 17.8 Å². The van der Waals surface area contributed by atoms with Crippen LogP contribution in [-0.2, 0) is 10.0 Å². The second kappa shape index (κ2) is 5.59. The Labute approximate surface area is 113 Å². The molecule has 2 heterocycles. The Morgan fingerprint density at radius 2 is 2.32 bits per heavy atom. The molecule has 5 nitrogen and oxygen atoms in total. The van der Waals surface area contributed by atoms with Gasteiger partial charge in [0.2, 0.25) is 10.0 Å². The predicted octanol–water partition coefficient (Wildman–Crippen LogP) is 0.601. The summed E-state index contributed by atoms with van der Waals surface area (Å²) in [6, 6.07) is 5.14. The summed E-state index contributed by atoms with van der Waals surface area (Å²) in [5, 5.41) is 8.66. The molecule has 1 aliphatic rings. The van der Waals surface area contributed by atoms with E-state index in [1.54, 1.807) is 18.2 Å². The molecule has 6 heteroatoms. The molecule has 0 aromatic carbocycles. The molecule has 1 N–H and O–H groups in total. The molecule has 1 fully saturated rings. The monoisotopic (exact) mass is 280 g/mol. The van der Waals surface area contributed by atoms with Crippen molar-refractivity contribution in [1.82, 2.24) is 4.98 Å². The molecule has 0 saturated carbocycles. The van der Waals surface area contributed by atoms with Crippen molar-refractivity contribution < 1.29 is 13.5 Å². The summed E-state index contributed by atoms with van der Waals surface area (Å²) in [4.78, 5) is 4.25. The van der Waals surface area contributed by atoms with Gasteiger partial charge in [-0.15, -0.1) is 0 Å². The first-order valence-corrected chi connectivity index (χ1v) is 7.71. The number of aromatic nitrogens is 1. The first kappa shape index (κ1) is 13.8. The van der Waals surface area contributed by atoms with Crippen LogP contribution in [0.5, 0.6) is 0 Å². The highest BCUT2D eigenvalue weighted by Gasteiger charge is 2.34. The molecule has 0 aliphatic carbocycles. The highest BCUT2D eigenvalue weighted by molar-refractivity contribution is 7.93. The van der Waals surface area contributed by atoms with Crippen molar-refractivity contribution in [1.29, 1.82) is 0 Å². The maximum atomic E-state index is 12.0. The molecule has 1 aliphatic heterocycles. The third-order valence-electron chi connectivity index (χ3n) is 2.75. The van der Waals surface area contributed by atoms with Crippen molar-refractivity contribution >= 4 is 15.8 Å². The van der Waals surface area contributed by atoms with Crippen LogP contribution in [0.3, 0.4) is 0 Å². The summed E-state index contributed by atoms with van der Waals surface area (Å²) in [6.45, 7) is 2.37. The number of aliphatic hydroxyl groups is 1. The van der Waals surface area contributed by atoms with Crippen LogP contribution < -0.4 is 4.31 Å². The van der Waals surface area contributed by atoms with Gasteiger partial charge in [-0.1, -0.05) is 18.9 Å². The molecule has 2 rings (SSSR count). The van der Waals surface area contributed by atoms with Crippen LogP contribution in [0.25, 0.3) is 0 Å². The van der Waals surface area contributed by atoms with E-state index in [2.05, 4.69) is 16.8 Å². The van der Waals surface area contributed by atoms with E-state index in [4.69, 9.17) is 5.11 Å². The highest BCUT2D eigenvalue weighted by atomic mass is 32.2. The number of nitrogens with zero attached hydrogens (tertiary/aromatic N) is 2. The molecule has 1 aromatic rings. The van der Waals surface area contributed by atoms with Gasteiger partial charge < -0.3 is 5.11 Å². The summed E-state index contributed by atoms with van der Waals surface area (Å²) in [5.41, 5.74) is 0.515. The summed E-state index contributed by atoms with van der Waals surface area (Å²) in [6.07, 6.45) is 0.380. The van der Waals surface area contributed by atoms with Gasteiger partial charge >= 0.3 is 0 Å². The maximum absolute atomic E-state index is 12.0. The molecule has 1 atom stereocenters. The third kappa shape index (κ3) is 3.25. The molecule has 19 heavy (non-hydrogen) atoms. The Hall–Kier alpha value is -1.58. The fraction of sp³-hybridized carbons (Fsp3) is 0.462. The molecule has 0 bridgehead atoms. The molecule has 1 aromatic heterocycles. The first-order valence-electron chi connectivity index (χ1n) is 6.10. The summed E-state index contributed by atoms with van der Waals surface area (Å²) < 4.78 is 25.3. The predicted molar refractivity (Wildman–Crippen MR) is 73.1 cm³/mol. The van der Waals surface area contributed by atoms with Crippen LogP contribution >= 0.6 is 0 Å². The van der Waals surface area contributed by atoms with E-state index < -0.39 is 10.0 Å². The topological polar surface area (TPSA) is 70.5 Å². The number of aliphatic hydroxyl groups excluding tert-OH is 1. The minimum Gasteiger partial charge on any atom is -0.395 e. The van der Waals surface area contributed by atoms with Gasteiger partial charge in [0.05, 0.1) is 12.4 Å². The van der Waals surface area contributed by atoms with Crippen molar-refractivity contribution in [3.05, 3.63) is 23.9 Å². The largest absolute Gasteiger partial charge is 0.395 e. The lowest BCUT2D eigenvalue weighted by Gasteiger charge is -2.15. The lowest BCUT2D eigenvalue weighted by Crippen LogP contribution is -2.26. The Bertz CT molecular complexity index is 616. The number of pyridine rings is 1. The highest BCUT2D eigenvalue weighted by Crippen LogP contribution is 2.25. The molecule has 0 amide bonds. The minimum atomic E-state index is -3.25. The van der Waals surface area contributed by atoms with Crippen LogP contribution in [0.2, 0.25) is 0 Å². The van der Waals surface area contributed by atoms with Gasteiger partial charge in [-0.25, -0.2) is 13.4 Å². The zero-order valence-electron chi connectivity index (χ0n) is 10.7. The summed E-state index contributed by atoms with van der Waals surface area (Å²) in [5.74, 6) is 6.26. The fourth-order valence-electron chi connectivity index (χ4n) is 1.98. The van der Waals surface area contributed by atoms with E-state index in [9.17, 15) is 8.42 Å². The SMILES string of the molecule is CC1CN(c2cccc(C#CCCO)n2)S(=O)(=O)C1. The zero-order chi connectivity index (χ0) is 13.9. The van der Waals surface area contributed by atoms with Gasteiger partial charge in [0, 0.05) is 13.0 Å². The lowest BCUT2D eigenvalue weighted by molar-refractivity contribution is 0.305. The van der Waals surface area contributed by atoms with Gasteiger partial charge in [-0.2, -0.15) is 0 Å². The molecular weight excluding hydrogens is 264 g/mol. The van der Waals surface area contributed by atoms with E-state index in [0.29, 0.717) is 24.5 Å². The molecular formula is C13H16N2O3S. The first-order chi connectivity index (χ1) is 9.03. The number of sulfonamides is 1. The Morgan fingerprint density at radius 1 is 1.53 bits per heavy atom. The number of hydrogen-bond donors (Lipinski definition) is 1. The fourth-order valence-corrected chi connectivity index (χ4v) is 3.85. The van der Waals surface area contributed by atoms with E-state index in [0.717, 1.165) is 0 Å². The van der Waals surface area contributed by atoms with Gasteiger partial charge in [0.25, 0.3) is 0 Å². The second-order valence-corrected chi connectivity index (χ2v) is 6.51. The van der Waals surface area contributed by atoms with E-state index in [1.165, 1.54) is 4.31 Å². The summed E-state index contributed by atoms with van der Waals surface area (Å²) >= 11 is 0. The van der Waals surface area contributed by atoms with Gasteiger partial charge in [-0.05, 0) is 24.0 Å². The normalized spacial score (nSPS) is 20.9. The Kier molecular flexibility index (Phi) is 4.08. The standard InChI is InChI=1S/C13H16N2O3S/c1-11-9-15(19(17,18)10-11)13-7-4-6-12(14-13)5-2-3-8-16/h4,6-7,11,16H,3,8-10H2,1H3. The Balaban J connectivity index is 2.27. The Morgan fingerprint density at radius 3 is 2.95 bits per heavy atom.